The molecule has 7 nitrogen and oxygen atoms in total. The number of methoxy groups -OCH3 is 1. The first kappa shape index (κ1) is 18.0. The molecular formula is C20H27N5O2. The largest absolute Gasteiger partial charge is 0.497 e. The lowest BCUT2D eigenvalue weighted by Crippen LogP contribution is -2.64. The molecule has 2 aromatic rings. The molecule has 0 unspecified atom stereocenters. The van der Waals surface area contributed by atoms with Crippen molar-refractivity contribution in [1.82, 2.24) is 19.6 Å². The fraction of sp³-hybridized carbons (Fsp3) is 0.500. The first-order chi connectivity index (χ1) is 13.0. The fourth-order valence-corrected chi connectivity index (χ4v) is 4.25. The Morgan fingerprint density at radius 2 is 1.96 bits per heavy atom. The van der Waals surface area contributed by atoms with Crippen molar-refractivity contribution in [3.8, 4) is 5.75 Å². The van der Waals surface area contributed by atoms with E-state index in [1.807, 2.05) is 30.3 Å². The van der Waals surface area contributed by atoms with E-state index in [0.29, 0.717) is 13.1 Å². The summed E-state index contributed by atoms with van der Waals surface area (Å²) in [6.07, 6.45) is 4.76. The van der Waals surface area contributed by atoms with Crippen molar-refractivity contribution in [2.24, 2.45) is 7.05 Å². The van der Waals surface area contributed by atoms with E-state index in [9.17, 15) is 4.79 Å². The molecule has 4 rings (SSSR count). The number of benzene rings is 1. The summed E-state index contributed by atoms with van der Waals surface area (Å²) in [4.78, 5) is 19.2. The van der Waals surface area contributed by atoms with Crippen LogP contribution in [-0.2, 0) is 18.4 Å². The molecule has 0 aliphatic carbocycles. The Morgan fingerprint density at radius 1 is 1.19 bits per heavy atom. The van der Waals surface area contributed by atoms with Crippen LogP contribution in [0.1, 0.15) is 12.0 Å². The zero-order valence-electron chi connectivity index (χ0n) is 16.3. The van der Waals surface area contributed by atoms with Gasteiger partial charge in [-0.05, 0) is 31.2 Å². The SMILES string of the molecule is COc1ccc(CN2CC[C@@]3(C2)CN(c2cnn(C)c2)C(=O)CN3C)cc1. The molecule has 1 spiro atoms. The quantitative estimate of drug-likeness (QED) is 0.814. The summed E-state index contributed by atoms with van der Waals surface area (Å²) in [5, 5.41) is 4.23. The molecule has 0 saturated carbocycles. The number of rotatable bonds is 4. The number of piperazine rings is 1. The Labute approximate surface area is 160 Å². The topological polar surface area (TPSA) is 53.8 Å². The standard InChI is InChI=1S/C20H27N5O2/c1-22-13-19(26)25(17-10-21-23(2)12-17)15-20(22)8-9-24(14-20)11-16-4-6-18(27-3)7-5-16/h4-7,10,12H,8-9,11,13-15H2,1-3H3/t20-/m1/s1. The number of aromatic nitrogens is 2. The van der Waals surface area contributed by atoms with Crippen LogP contribution < -0.4 is 9.64 Å². The number of carbonyl (C=O) groups excluding carboxylic acids is 1. The van der Waals surface area contributed by atoms with E-state index in [2.05, 4.69) is 34.1 Å². The zero-order chi connectivity index (χ0) is 19.0. The minimum atomic E-state index is -0.00375. The van der Waals surface area contributed by atoms with Gasteiger partial charge in [0, 0.05) is 39.4 Å². The van der Waals surface area contributed by atoms with Crippen LogP contribution in [0.3, 0.4) is 0 Å². The van der Waals surface area contributed by atoms with Crippen LogP contribution in [-0.4, -0.2) is 71.4 Å². The highest BCUT2D eigenvalue weighted by molar-refractivity contribution is 5.95. The van der Waals surface area contributed by atoms with Crippen molar-refractivity contribution in [2.45, 2.75) is 18.5 Å². The molecular weight excluding hydrogens is 342 g/mol. The van der Waals surface area contributed by atoms with E-state index in [1.54, 1.807) is 18.0 Å². The average Bonchev–Trinajstić information content (AvgIpc) is 3.26. The first-order valence-electron chi connectivity index (χ1n) is 9.35. The predicted molar refractivity (Wildman–Crippen MR) is 104 cm³/mol. The number of ether oxygens (including phenoxy) is 1. The Balaban J connectivity index is 1.48. The highest BCUT2D eigenvalue weighted by Crippen LogP contribution is 2.34. The molecule has 1 amide bonds. The van der Waals surface area contributed by atoms with Gasteiger partial charge in [0.15, 0.2) is 0 Å². The summed E-state index contributed by atoms with van der Waals surface area (Å²) < 4.78 is 6.99. The third kappa shape index (κ3) is 3.44. The lowest BCUT2D eigenvalue weighted by molar-refractivity contribution is -0.123. The summed E-state index contributed by atoms with van der Waals surface area (Å²) in [7, 11) is 5.65. The first-order valence-corrected chi connectivity index (χ1v) is 9.35. The molecule has 1 aromatic heterocycles. The maximum Gasteiger partial charge on any atom is 0.241 e. The number of aryl methyl sites for hydroxylation is 1. The molecule has 7 heteroatoms. The van der Waals surface area contributed by atoms with Crippen LogP contribution in [0, 0.1) is 0 Å². The molecule has 2 fully saturated rings. The van der Waals surface area contributed by atoms with Gasteiger partial charge in [0.1, 0.15) is 5.75 Å². The number of likely N-dealkylation sites (N-methyl/N-ethyl adjacent to an activating group) is 1. The second-order valence-electron chi connectivity index (χ2n) is 7.74. The van der Waals surface area contributed by atoms with Gasteiger partial charge in [-0.3, -0.25) is 19.3 Å². The summed E-state index contributed by atoms with van der Waals surface area (Å²) in [6, 6.07) is 8.27. The van der Waals surface area contributed by atoms with Gasteiger partial charge < -0.3 is 9.64 Å². The Kier molecular flexibility index (Phi) is 4.65. The van der Waals surface area contributed by atoms with Gasteiger partial charge >= 0.3 is 0 Å². The van der Waals surface area contributed by atoms with Crippen LogP contribution in [0.15, 0.2) is 36.7 Å². The minimum Gasteiger partial charge on any atom is -0.497 e. The molecule has 0 bridgehead atoms. The van der Waals surface area contributed by atoms with Crippen molar-refractivity contribution in [1.29, 1.82) is 0 Å². The third-order valence-corrected chi connectivity index (χ3v) is 5.92. The van der Waals surface area contributed by atoms with Crippen LogP contribution >= 0.6 is 0 Å². The van der Waals surface area contributed by atoms with Crippen LogP contribution in [0.25, 0.3) is 0 Å². The second kappa shape index (κ2) is 6.98. The number of hydrogen-bond donors (Lipinski definition) is 0. The normalized spacial score (nSPS) is 24.1. The molecule has 2 aliphatic heterocycles. The Morgan fingerprint density at radius 3 is 2.63 bits per heavy atom. The van der Waals surface area contributed by atoms with E-state index in [4.69, 9.17) is 4.74 Å². The van der Waals surface area contributed by atoms with Gasteiger partial charge in [-0.1, -0.05) is 12.1 Å². The molecule has 0 N–H and O–H groups in total. The maximum absolute atomic E-state index is 12.6. The molecule has 1 aromatic carbocycles. The molecule has 3 heterocycles. The number of anilines is 1. The van der Waals surface area contributed by atoms with Gasteiger partial charge in [0.25, 0.3) is 0 Å². The van der Waals surface area contributed by atoms with Crippen molar-refractivity contribution < 1.29 is 9.53 Å². The number of amides is 1. The summed E-state index contributed by atoms with van der Waals surface area (Å²) in [5.41, 5.74) is 2.17. The van der Waals surface area contributed by atoms with Crippen molar-refractivity contribution in [2.75, 3.05) is 45.2 Å². The Hall–Kier alpha value is -2.38. The van der Waals surface area contributed by atoms with Crippen LogP contribution in [0.4, 0.5) is 5.69 Å². The fourth-order valence-electron chi connectivity index (χ4n) is 4.25. The van der Waals surface area contributed by atoms with E-state index in [-0.39, 0.29) is 11.4 Å². The summed E-state index contributed by atoms with van der Waals surface area (Å²) >= 11 is 0. The van der Waals surface area contributed by atoms with Gasteiger partial charge in [0.2, 0.25) is 5.91 Å². The van der Waals surface area contributed by atoms with E-state index in [0.717, 1.165) is 37.5 Å². The maximum atomic E-state index is 12.6. The molecule has 2 saturated heterocycles. The lowest BCUT2D eigenvalue weighted by atomic mass is 9.93. The van der Waals surface area contributed by atoms with Gasteiger partial charge in [-0.2, -0.15) is 5.10 Å². The van der Waals surface area contributed by atoms with Crippen LogP contribution in [0.2, 0.25) is 0 Å². The molecule has 2 aliphatic rings. The number of nitrogens with zero attached hydrogens (tertiary/aromatic N) is 5. The average molecular weight is 369 g/mol. The van der Waals surface area contributed by atoms with Gasteiger partial charge in [-0.25, -0.2) is 0 Å². The smallest absolute Gasteiger partial charge is 0.241 e. The van der Waals surface area contributed by atoms with Crippen LogP contribution in [0.5, 0.6) is 5.75 Å². The number of likely N-dealkylation sites (tertiary alicyclic amines) is 1. The van der Waals surface area contributed by atoms with Crippen molar-refractivity contribution in [3.63, 3.8) is 0 Å². The van der Waals surface area contributed by atoms with E-state index < -0.39 is 0 Å². The van der Waals surface area contributed by atoms with Gasteiger partial charge in [0.05, 0.1) is 31.1 Å². The second-order valence-corrected chi connectivity index (χ2v) is 7.74. The summed E-state index contributed by atoms with van der Waals surface area (Å²) in [6.45, 7) is 4.07. The zero-order valence-corrected chi connectivity index (χ0v) is 16.3. The number of carbonyl (C=O) groups is 1. The highest BCUT2D eigenvalue weighted by Gasteiger charge is 2.47. The van der Waals surface area contributed by atoms with E-state index in [1.165, 1.54) is 5.56 Å². The predicted octanol–water partition coefficient (Wildman–Crippen LogP) is 1.35. The van der Waals surface area contributed by atoms with Crippen molar-refractivity contribution >= 4 is 11.6 Å². The molecule has 144 valence electrons. The third-order valence-electron chi connectivity index (χ3n) is 5.92. The van der Waals surface area contributed by atoms with Crippen molar-refractivity contribution in [3.05, 3.63) is 42.2 Å². The highest BCUT2D eigenvalue weighted by atomic mass is 16.5. The molecule has 1 atom stereocenters. The lowest BCUT2D eigenvalue weighted by Gasteiger charge is -2.46. The monoisotopic (exact) mass is 369 g/mol. The molecule has 0 radical (unpaired) electrons. The Bertz CT molecular complexity index is 818. The van der Waals surface area contributed by atoms with Gasteiger partial charge in [-0.15, -0.1) is 0 Å². The summed E-state index contributed by atoms with van der Waals surface area (Å²) in [5.74, 6) is 1.03. The number of hydrogen-bond acceptors (Lipinski definition) is 5. The molecule has 27 heavy (non-hydrogen) atoms. The minimum absolute atomic E-state index is 0.00375. The van der Waals surface area contributed by atoms with E-state index >= 15 is 0 Å².